The van der Waals surface area contributed by atoms with E-state index in [9.17, 15) is 4.79 Å². The minimum atomic E-state index is -0.0473. The molecule has 4 bridgehead atoms. The van der Waals surface area contributed by atoms with Crippen LogP contribution in [0.5, 0.6) is 5.75 Å². The lowest BCUT2D eigenvalue weighted by Crippen LogP contribution is -2.46. The van der Waals surface area contributed by atoms with E-state index < -0.39 is 0 Å². The summed E-state index contributed by atoms with van der Waals surface area (Å²) in [5.74, 6) is 1.88. The van der Waals surface area contributed by atoms with Gasteiger partial charge in [0, 0.05) is 29.8 Å². The van der Waals surface area contributed by atoms with Gasteiger partial charge >= 0.3 is 0 Å². The van der Waals surface area contributed by atoms with Gasteiger partial charge in [0.15, 0.2) is 0 Å². The molecule has 2 aliphatic heterocycles. The lowest BCUT2D eigenvalue weighted by molar-refractivity contribution is -0.147. The van der Waals surface area contributed by atoms with Crippen LogP contribution >= 0.6 is 11.6 Å². The van der Waals surface area contributed by atoms with Crippen LogP contribution in [-0.2, 0) is 4.79 Å². The van der Waals surface area contributed by atoms with Gasteiger partial charge in [-0.25, -0.2) is 0 Å². The zero-order chi connectivity index (χ0) is 14.2. The predicted molar refractivity (Wildman–Crippen MR) is 77.1 cm³/mol. The summed E-state index contributed by atoms with van der Waals surface area (Å²) in [6, 6.07) is 0.103. The average Bonchev–Trinajstić information content (AvgIpc) is 3.12. The molecule has 1 aromatic heterocycles. The molecule has 0 N–H and O–H groups in total. The highest BCUT2D eigenvalue weighted by molar-refractivity contribution is 6.32. The van der Waals surface area contributed by atoms with Crippen molar-refractivity contribution in [2.24, 2.45) is 11.3 Å². The summed E-state index contributed by atoms with van der Waals surface area (Å²) in [5.41, 5.74) is 0.934. The number of hydrogen-bond acceptors (Lipinski definition) is 3. The molecular formula is C16H17ClN2O2. The molecule has 3 heterocycles. The largest absolute Gasteiger partial charge is 0.486 e. The Balaban J connectivity index is 1.51. The Morgan fingerprint density at radius 2 is 2.29 bits per heavy atom. The van der Waals surface area contributed by atoms with Crippen molar-refractivity contribution in [1.82, 2.24) is 9.88 Å². The monoisotopic (exact) mass is 304 g/mol. The van der Waals surface area contributed by atoms with E-state index in [1.165, 1.54) is 6.42 Å². The first-order valence-corrected chi connectivity index (χ1v) is 8.15. The molecule has 6 rings (SSSR count). The second-order valence-electron chi connectivity index (χ2n) is 7.08. The molecule has 0 aromatic carbocycles. The third-order valence-electron chi connectivity index (χ3n) is 5.89. The van der Waals surface area contributed by atoms with Gasteiger partial charge in [0.05, 0.1) is 12.6 Å². The van der Waals surface area contributed by atoms with Gasteiger partial charge in [-0.3, -0.25) is 9.78 Å². The minimum absolute atomic E-state index is 0.0473. The third-order valence-corrected chi connectivity index (χ3v) is 6.16. The van der Waals surface area contributed by atoms with Gasteiger partial charge in [-0.05, 0) is 31.6 Å². The summed E-state index contributed by atoms with van der Waals surface area (Å²) < 4.78 is 5.98. The van der Waals surface area contributed by atoms with Gasteiger partial charge in [0.2, 0.25) is 5.91 Å². The van der Waals surface area contributed by atoms with Crippen LogP contribution in [-0.4, -0.2) is 28.4 Å². The number of carbonyl (C=O) groups is 1. The molecule has 3 saturated carbocycles. The summed E-state index contributed by atoms with van der Waals surface area (Å²) in [4.78, 5) is 19.3. The fraction of sp³-hybridized carbons (Fsp3) is 0.625. The van der Waals surface area contributed by atoms with Gasteiger partial charge in [-0.15, -0.1) is 0 Å². The Bertz CT molecular complexity index is 636. The van der Waals surface area contributed by atoms with Crippen LogP contribution in [0.2, 0.25) is 5.02 Å². The van der Waals surface area contributed by atoms with E-state index in [1.54, 1.807) is 6.20 Å². The maximum absolute atomic E-state index is 13.1. The molecule has 3 aliphatic carbocycles. The number of rotatable bonds is 1. The number of halogens is 1. The topological polar surface area (TPSA) is 42.4 Å². The summed E-state index contributed by atoms with van der Waals surface area (Å²) in [6.07, 6.45) is 8.88. The van der Waals surface area contributed by atoms with E-state index in [2.05, 4.69) is 9.88 Å². The van der Waals surface area contributed by atoms with E-state index in [-0.39, 0.29) is 17.6 Å². The van der Waals surface area contributed by atoms with Crippen LogP contribution < -0.4 is 4.74 Å². The van der Waals surface area contributed by atoms with E-state index in [0.29, 0.717) is 17.5 Å². The maximum Gasteiger partial charge on any atom is 0.229 e. The molecule has 5 aliphatic rings. The predicted octanol–water partition coefficient (Wildman–Crippen LogP) is 2.96. The van der Waals surface area contributed by atoms with Crippen molar-refractivity contribution in [3.05, 3.63) is 23.0 Å². The molecule has 1 saturated heterocycles. The number of aromatic nitrogens is 1. The van der Waals surface area contributed by atoms with Crippen LogP contribution in [0.4, 0.5) is 0 Å². The molecule has 5 heteroatoms. The van der Waals surface area contributed by atoms with E-state index in [4.69, 9.17) is 16.3 Å². The molecule has 0 spiro atoms. The first kappa shape index (κ1) is 12.3. The fourth-order valence-corrected chi connectivity index (χ4v) is 5.10. The number of amides is 1. The molecule has 110 valence electrons. The molecule has 4 fully saturated rings. The van der Waals surface area contributed by atoms with E-state index in [0.717, 1.165) is 42.9 Å². The Labute approximate surface area is 128 Å². The summed E-state index contributed by atoms with van der Waals surface area (Å²) in [7, 11) is 0. The number of likely N-dealkylation sites (tertiary alicyclic amines) is 1. The van der Waals surface area contributed by atoms with Crippen molar-refractivity contribution in [1.29, 1.82) is 0 Å². The smallest absolute Gasteiger partial charge is 0.229 e. The molecule has 0 unspecified atom stereocenters. The zero-order valence-electron chi connectivity index (χ0n) is 11.7. The molecule has 2 atom stereocenters. The molecule has 1 amide bonds. The van der Waals surface area contributed by atoms with Crippen LogP contribution in [0, 0.1) is 11.3 Å². The number of nitrogens with zero attached hydrogens (tertiary/aromatic N) is 2. The molecular weight excluding hydrogens is 288 g/mol. The Hall–Kier alpha value is -1.29. The van der Waals surface area contributed by atoms with E-state index >= 15 is 0 Å². The second kappa shape index (κ2) is 3.92. The van der Waals surface area contributed by atoms with Crippen LogP contribution in [0.1, 0.15) is 43.7 Å². The van der Waals surface area contributed by atoms with Crippen LogP contribution in [0.25, 0.3) is 0 Å². The Morgan fingerprint density at radius 1 is 1.43 bits per heavy atom. The number of hydrogen-bond donors (Lipinski definition) is 0. The number of pyridine rings is 1. The normalized spacial score (nSPS) is 38.7. The molecule has 21 heavy (non-hydrogen) atoms. The lowest BCUT2D eigenvalue weighted by Gasteiger charge is -2.41. The lowest BCUT2D eigenvalue weighted by atomic mass is 9.68. The van der Waals surface area contributed by atoms with Crippen LogP contribution in [0.3, 0.4) is 0 Å². The summed E-state index contributed by atoms with van der Waals surface area (Å²) in [5, 5.41) is 0.555. The van der Waals surface area contributed by atoms with Crippen molar-refractivity contribution >= 4 is 17.5 Å². The Morgan fingerprint density at radius 3 is 3.05 bits per heavy atom. The quantitative estimate of drug-likeness (QED) is 0.801. The van der Waals surface area contributed by atoms with Crippen molar-refractivity contribution in [2.45, 2.75) is 44.2 Å². The highest BCUT2D eigenvalue weighted by Gasteiger charge is 2.58. The maximum atomic E-state index is 13.1. The molecule has 1 aromatic rings. The second-order valence-corrected chi connectivity index (χ2v) is 7.49. The Kier molecular flexibility index (Phi) is 2.29. The standard InChI is InChI=1S/C16H17ClN2O2/c17-12-7-18-6-11-13-3-10(21-14(11)12)8-19(13)15(20)16-2-1-9(4-16)5-16/h6-7,9-10,13H,1-5,8H2/t9?,10-,13-,16?/m0/s1. The van der Waals surface area contributed by atoms with Crippen molar-refractivity contribution in [3.63, 3.8) is 0 Å². The minimum Gasteiger partial charge on any atom is -0.486 e. The van der Waals surface area contributed by atoms with Gasteiger partial charge in [-0.2, -0.15) is 0 Å². The van der Waals surface area contributed by atoms with Crippen LogP contribution in [0.15, 0.2) is 12.4 Å². The van der Waals surface area contributed by atoms with Crippen molar-refractivity contribution in [3.8, 4) is 5.75 Å². The van der Waals surface area contributed by atoms with Gasteiger partial charge in [0.25, 0.3) is 0 Å². The molecule has 0 radical (unpaired) electrons. The first-order valence-electron chi connectivity index (χ1n) is 7.77. The van der Waals surface area contributed by atoms with Crippen molar-refractivity contribution in [2.75, 3.05) is 6.54 Å². The zero-order valence-corrected chi connectivity index (χ0v) is 12.5. The SMILES string of the molecule is O=C(N1C[C@@H]2C[C@H]1c1cncc(Cl)c1O2)C12CCC(C1)C2. The highest BCUT2D eigenvalue weighted by Crippen LogP contribution is 2.61. The summed E-state index contributed by atoms with van der Waals surface area (Å²) in [6.45, 7) is 0.695. The number of carbonyl (C=O) groups excluding carboxylic acids is 1. The number of ether oxygens (including phenoxy) is 1. The average molecular weight is 305 g/mol. The number of fused-ring (bicyclic) bond motifs is 5. The van der Waals surface area contributed by atoms with E-state index in [1.807, 2.05) is 6.20 Å². The van der Waals surface area contributed by atoms with Gasteiger partial charge < -0.3 is 9.64 Å². The molecule has 4 nitrogen and oxygen atoms in total. The highest BCUT2D eigenvalue weighted by atomic mass is 35.5. The van der Waals surface area contributed by atoms with Crippen molar-refractivity contribution < 1.29 is 9.53 Å². The van der Waals surface area contributed by atoms with Gasteiger partial charge in [-0.1, -0.05) is 11.6 Å². The summed E-state index contributed by atoms with van der Waals surface area (Å²) >= 11 is 6.20. The van der Waals surface area contributed by atoms with Gasteiger partial charge in [0.1, 0.15) is 16.9 Å². The third kappa shape index (κ3) is 1.52. The fourth-order valence-electron chi connectivity index (χ4n) is 4.89. The first-order chi connectivity index (χ1) is 10.2.